The van der Waals surface area contributed by atoms with Crippen LogP contribution in [0.25, 0.3) is 89.2 Å². The predicted octanol–water partition coefficient (Wildman–Crippen LogP) is 11.8. The zero-order valence-corrected chi connectivity index (χ0v) is 28.5. The van der Waals surface area contributed by atoms with Crippen molar-refractivity contribution in [2.24, 2.45) is 0 Å². The van der Waals surface area contributed by atoms with Crippen molar-refractivity contribution >= 4 is 43.6 Å². The summed E-state index contributed by atoms with van der Waals surface area (Å²) in [5.41, 5.74) is 3.83. The van der Waals surface area contributed by atoms with Gasteiger partial charge in [-0.2, -0.15) is 0 Å². The molecule has 0 atom stereocenters. The van der Waals surface area contributed by atoms with Gasteiger partial charge in [0.2, 0.25) is 5.82 Å². The summed E-state index contributed by atoms with van der Waals surface area (Å²) in [5, 5.41) is 2.39. The van der Waals surface area contributed by atoms with Gasteiger partial charge in [-0.25, -0.2) is 36.9 Å². The Hall–Kier alpha value is -7.20. The summed E-state index contributed by atoms with van der Waals surface area (Å²) in [6.45, 7) is 0. The molecule has 0 unspecified atom stereocenters. The van der Waals surface area contributed by atoms with Crippen molar-refractivity contribution in [2.75, 3.05) is 0 Å². The van der Waals surface area contributed by atoms with Crippen molar-refractivity contribution in [1.29, 1.82) is 0 Å². The molecule has 55 heavy (non-hydrogen) atoms. The molecule has 7 aromatic carbocycles. The lowest BCUT2D eigenvalue weighted by molar-refractivity contribution is 0.376. The molecule has 0 saturated heterocycles. The summed E-state index contributed by atoms with van der Waals surface area (Å²) < 4.78 is 78.9. The average molecular weight is 730 g/mol. The van der Waals surface area contributed by atoms with Crippen LogP contribution < -0.4 is 0 Å². The number of rotatable bonds is 5. The molecule has 3 heterocycles. The molecular formula is C45H24F5N5. The Kier molecular flexibility index (Phi) is 7.35. The second kappa shape index (κ2) is 12.4. The van der Waals surface area contributed by atoms with E-state index in [9.17, 15) is 13.2 Å². The van der Waals surface area contributed by atoms with Gasteiger partial charge in [-0.3, -0.25) is 0 Å². The van der Waals surface area contributed by atoms with Crippen LogP contribution in [0.2, 0.25) is 0 Å². The second-order valence-corrected chi connectivity index (χ2v) is 13.0. The van der Waals surface area contributed by atoms with Crippen molar-refractivity contribution in [3.63, 3.8) is 0 Å². The number of nitrogens with zero attached hydrogens (tertiary/aromatic N) is 5. The summed E-state index contributed by atoms with van der Waals surface area (Å²) >= 11 is 0. The van der Waals surface area contributed by atoms with Crippen molar-refractivity contribution in [1.82, 2.24) is 24.1 Å². The third-order valence-electron chi connectivity index (χ3n) is 9.97. The average Bonchev–Trinajstić information content (AvgIpc) is 3.75. The molecule has 0 aliphatic carbocycles. The fourth-order valence-corrected chi connectivity index (χ4v) is 7.58. The first-order valence-corrected chi connectivity index (χ1v) is 17.3. The van der Waals surface area contributed by atoms with Crippen LogP contribution in [0.1, 0.15) is 0 Å². The summed E-state index contributed by atoms with van der Waals surface area (Å²) in [4.78, 5) is 14.8. The van der Waals surface area contributed by atoms with Crippen LogP contribution in [0.15, 0.2) is 146 Å². The summed E-state index contributed by atoms with van der Waals surface area (Å²) in [6, 6.07) is 44.9. The summed E-state index contributed by atoms with van der Waals surface area (Å²) in [6.07, 6.45) is 0. The molecule has 0 saturated carbocycles. The van der Waals surface area contributed by atoms with Gasteiger partial charge in [0.05, 0.1) is 27.8 Å². The Morgan fingerprint density at radius 3 is 1.49 bits per heavy atom. The molecule has 0 aliphatic heterocycles. The van der Waals surface area contributed by atoms with E-state index >= 15 is 8.78 Å². The zero-order chi connectivity index (χ0) is 37.4. The van der Waals surface area contributed by atoms with Crippen molar-refractivity contribution in [2.45, 2.75) is 0 Å². The van der Waals surface area contributed by atoms with Crippen LogP contribution in [0.3, 0.4) is 0 Å². The van der Waals surface area contributed by atoms with Crippen LogP contribution in [0.4, 0.5) is 22.0 Å². The van der Waals surface area contributed by atoms with Crippen LogP contribution >= 0.6 is 0 Å². The Labute approximate surface area is 309 Å². The maximum Gasteiger partial charge on any atom is 0.200 e. The van der Waals surface area contributed by atoms with E-state index in [0.717, 1.165) is 21.2 Å². The lowest BCUT2D eigenvalue weighted by Crippen LogP contribution is -2.09. The van der Waals surface area contributed by atoms with Gasteiger partial charge in [0.1, 0.15) is 5.69 Å². The van der Waals surface area contributed by atoms with E-state index in [0.29, 0.717) is 55.8 Å². The molecule has 10 rings (SSSR count). The van der Waals surface area contributed by atoms with E-state index in [4.69, 9.17) is 15.0 Å². The molecule has 0 aliphatic rings. The lowest BCUT2D eigenvalue weighted by atomic mass is 10.1. The Bertz CT molecular complexity index is 3070. The number of hydrogen-bond acceptors (Lipinski definition) is 3. The molecule has 0 radical (unpaired) electrons. The first-order chi connectivity index (χ1) is 26.9. The third-order valence-corrected chi connectivity index (χ3v) is 9.97. The number of fused-ring (bicyclic) bond motifs is 7. The number of hydrogen-bond donors (Lipinski definition) is 0. The molecule has 5 nitrogen and oxygen atoms in total. The normalized spacial score (nSPS) is 11.7. The zero-order valence-electron chi connectivity index (χ0n) is 28.5. The molecule has 0 amide bonds. The van der Waals surface area contributed by atoms with Crippen LogP contribution in [0, 0.1) is 29.1 Å². The van der Waals surface area contributed by atoms with Gasteiger partial charge < -0.3 is 9.13 Å². The Balaban J connectivity index is 1.31. The molecule has 10 aromatic rings. The quantitative estimate of drug-likeness (QED) is 0.101. The SMILES string of the molecule is Fc1c(F)c(F)c(-n2c3ccccc3c3ccc4c(c5ccccc5n4-c4ccccc4-c4nc(-c5ccccc5)nc(-c5ccccc5)n4)c32)c(F)c1F. The van der Waals surface area contributed by atoms with E-state index < -0.39 is 34.8 Å². The fraction of sp³-hybridized carbons (Fsp3) is 0. The molecule has 0 spiro atoms. The van der Waals surface area contributed by atoms with Gasteiger partial charge in [-0.1, -0.05) is 115 Å². The standard InChI is InChI=1S/C45H24F5N5/c46-36-37(47)39(49)42(40(50)38(36)48)55-31-20-10-7-17-27(31)28-23-24-34-35(41(28)55)29-18-8-11-21-32(29)54(34)33-22-12-9-19-30(33)45-52-43(25-13-3-1-4-14-25)51-44(53-45)26-15-5-2-6-16-26/h1-24H. The highest BCUT2D eigenvalue weighted by molar-refractivity contribution is 6.26. The van der Waals surface area contributed by atoms with E-state index in [1.807, 2.05) is 126 Å². The van der Waals surface area contributed by atoms with Crippen LogP contribution in [0.5, 0.6) is 0 Å². The van der Waals surface area contributed by atoms with Crippen molar-refractivity contribution < 1.29 is 22.0 Å². The summed E-state index contributed by atoms with van der Waals surface area (Å²) in [5.74, 6) is -8.75. The van der Waals surface area contributed by atoms with Crippen LogP contribution in [-0.2, 0) is 0 Å². The Morgan fingerprint density at radius 2 is 0.855 bits per heavy atom. The van der Waals surface area contributed by atoms with Gasteiger partial charge in [0, 0.05) is 38.2 Å². The maximum atomic E-state index is 15.8. The van der Waals surface area contributed by atoms with E-state index in [1.54, 1.807) is 24.3 Å². The number of benzene rings is 7. The van der Waals surface area contributed by atoms with Crippen molar-refractivity contribution in [3.8, 4) is 45.5 Å². The summed E-state index contributed by atoms with van der Waals surface area (Å²) in [7, 11) is 0. The highest BCUT2D eigenvalue weighted by Crippen LogP contribution is 2.44. The van der Waals surface area contributed by atoms with Crippen LogP contribution in [-0.4, -0.2) is 24.1 Å². The number of para-hydroxylation sites is 3. The first kappa shape index (κ1) is 32.5. The molecule has 3 aromatic heterocycles. The van der Waals surface area contributed by atoms with Gasteiger partial charge in [0.15, 0.2) is 40.7 Å². The topological polar surface area (TPSA) is 48.5 Å². The van der Waals surface area contributed by atoms with E-state index in [-0.39, 0.29) is 11.0 Å². The van der Waals surface area contributed by atoms with Gasteiger partial charge in [-0.15, -0.1) is 0 Å². The monoisotopic (exact) mass is 729 g/mol. The molecule has 264 valence electrons. The second-order valence-electron chi connectivity index (χ2n) is 13.0. The largest absolute Gasteiger partial charge is 0.308 e. The van der Waals surface area contributed by atoms with Crippen molar-refractivity contribution in [3.05, 3.63) is 175 Å². The maximum absolute atomic E-state index is 15.8. The van der Waals surface area contributed by atoms with Gasteiger partial charge in [-0.05, 0) is 30.3 Å². The van der Waals surface area contributed by atoms with E-state index in [1.165, 1.54) is 0 Å². The molecule has 0 fully saturated rings. The highest BCUT2D eigenvalue weighted by Gasteiger charge is 2.30. The third kappa shape index (κ3) is 4.88. The first-order valence-electron chi connectivity index (χ1n) is 17.3. The Morgan fingerprint density at radius 1 is 0.364 bits per heavy atom. The van der Waals surface area contributed by atoms with Gasteiger partial charge >= 0.3 is 0 Å². The molecule has 0 bridgehead atoms. The molecule has 0 N–H and O–H groups in total. The molecular weight excluding hydrogens is 706 g/mol. The minimum Gasteiger partial charge on any atom is -0.308 e. The highest BCUT2D eigenvalue weighted by atomic mass is 19.2. The molecule has 10 heteroatoms. The minimum absolute atomic E-state index is 0.275. The smallest absolute Gasteiger partial charge is 0.200 e. The van der Waals surface area contributed by atoms with E-state index in [2.05, 4.69) is 0 Å². The minimum atomic E-state index is -2.22. The predicted molar refractivity (Wildman–Crippen MR) is 205 cm³/mol. The number of aromatic nitrogens is 5. The fourth-order valence-electron chi connectivity index (χ4n) is 7.58. The van der Waals surface area contributed by atoms with Gasteiger partial charge in [0.25, 0.3) is 0 Å². The number of halogens is 5. The lowest BCUT2D eigenvalue weighted by Gasteiger charge is -2.15.